The summed E-state index contributed by atoms with van der Waals surface area (Å²) in [5.41, 5.74) is 6.57. The molecule has 0 spiro atoms. The minimum absolute atomic E-state index is 0.0518. The van der Waals surface area contributed by atoms with E-state index in [0.717, 1.165) is 128 Å². The average molecular weight is 1090 g/mol. The summed E-state index contributed by atoms with van der Waals surface area (Å²) in [6.07, 6.45) is 15.3. The van der Waals surface area contributed by atoms with E-state index in [9.17, 15) is 10.1 Å². The van der Waals surface area contributed by atoms with Gasteiger partial charge in [-0.2, -0.15) is 10.4 Å². The molecule has 414 valence electrons. The molecular weight excluding hydrogens is 1010 g/mol. The molecule has 2 aliphatic rings. The zero-order valence-electron chi connectivity index (χ0n) is 46.5. The van der Waals surface area contributed by atoms with Crippen molar-refractivity contribution in [2.45, 2.75) is 136 Å². The standard InChI is InChI=1S/C66H74F2N4O6S/c1-6-66(43-75-44-66)42-74-34-16-9-10-17-35-76-53-28-26-49-38-52(25-24-50(49)39-53)63(73)77-58-31-30-54(56(61(58)68)41-70-72(33-15-11-14-32-69)64-71-62-46(3)36-45(2)37-59(62)79-64)55-29-27-51(40-57(55)67)48-22-20-47(21-23-48)18-12-7-8-13-19-60-65(4,5)78-60/h20-31,36-41,60H,6-19,33-35,42-44H2,1-5H3/b70-41+. The SMILES string of the molecule is CCC1(COCCCCCCOc2ccc3cc(C(=O)Oc4ccc(-c5ccc(-c6ccc(CCCCCCC7OC7(C)C)cc6)cc5F)c(/C=N/N(CCCCC#N)c5nc6c(C)cc(C)cc6s5)c4F)ccc3c2)COC1. The zero-order valence-corrected chi connectivity index (χ0v) is 47.3. The summed E-state index contributed by atoms with van der Waals surface area (Å²) in [5.74, 6) is -1.78. The van der Waals surface area contributed by atoms with Crippen molar-refractivity contribution in [1.29, 1.82) is 5.26 Å². The highest BCUT2D eigenvalue weighted by molar-refractivity contribution is 7.22. The van der Waals surface area contributed by atoms with Crippen LogP contribution in [-0.2, 0) is 20.6 Å². The van der Waals surface area contributed by atoms with Crippen LogP contribution in [0.25, 0.3) is 43.2 Å². The Labute approximate surface area is 468 Å². The molecule has 79 heavy (non-hydrogen) atoms. The second kappa shape index (κ2) is 26.6. The quantitative estimate of drug-likeness (QED) is 0.0113. The number of ether oxygens (including phenoxy) is 5. The van der Waals surface area contributed by atoms with Crippen LogP contribution in [0.5, 0.6) is 11.5 Å². The Balaban J connectivity index is 0.899. The van der Waals surface area contributed by atoms with Crippen molar-refractivity contribution in [3.05, 3.63) is 143 Å². The molecule has 13 heteroatoms. The molecule has 0 aliphatic carbocycles. The smallest absolute Gasteiger partial charge is 0.343 e. The molecule has 7 aromatic rings. The number of hydrogen-bond donors (Lipinski definition) is 0. The molecule has 2 saturated heterocycles. The number of halogens is 2. The Morgan fingerprint density at radius 3 is 2.32 bits per heavy atom. The van der Waals surface area contributed by atoms with E-state index >= 15 is 8.78 Å². The molecule has 1 atom stereocenters. The number of thiazole rings is 1. The molecule has 9 rings (SSSR count). The van der Waals surface area contributed by atoms with Crippen molar-refractivity contribution in [3.63, 3.8) is 0 Å². The van der Waals surface area contributed by atoms with Gasteiger partial charge in [0.05, 0.1) is 66.2 Å². The van der Waals surface area contributed by atoms with E-state index in [4.69, 9.17) is 33.8 Å². The van der Waals surface area contributed by atoms with Crippen molar-refractivity contribution in [3.8, 4) is 39.8 Å². The average Bonchev–Trinajstić information content (AvgIpc) is 3.91. The van der Waals surface area contributed by atoms with Gasteiger partial charge in [0.2, 0.25) is 5.13 Å². The van der Waals surface area contributed by atoms with Gasteiger partial charge in [-0.05, 0) is 178 Å². The van der Waals surface area contributed by atoms with E-state index in [1.165, 1.54) is 48.1 Å². The Kier molecular flexibility index (Phi) is 19.2. The van der Waals surface area contributed by atoms with Crippen LogP contribution in [0, 0.1) is 42.2 Å². The first kappa shape index (κ1) is 57.1. The van der Waals surface area contributed by atoms with E-state index in [2.05, 4.69) is 51.1 Å². The van der Waals surface area contributed by atoms with Gasteiger partial charge in [0, 0.05) is 36.1 Å². The summed E-state index contributed by atoms with van der Waals surface area (Å²) in [6.45, 7) is 14.7. The number of unbranched alkanes of at least 4 members (excludes halogenated alkanes) is 8. The number of nitrogens with zero attached hydrogens (tertiary/aromatic N) is 4. The second-order valence-corrected chi connectivity index (χ2v) is 23.1. The van der Waals surface area contributed by atoms with Gasteiger partial charge in [-0.15, -0.1) is 0 Å². The lowest BCUT2D eigenvalue weighted by Gasteiger charge is -2.40. The van der Waals surface area contributed by atoms with Gasteiger partial charge < -0.3 is 23.7 Å². The van der Waals surface area contributed by atoms with Crippen LogP contribution in [0.1, 0.15) is 137 Å². The molecule has 0 radical (unpaired) electrons. The first-order valence-corrected chi connectivity index (χ1v) is 29.1. The number of esters is 1. The number of epoxide rings is 1. The lowest BCUT2D eigenvalue weighted by Crippen LogP contribution is -2.45. The zero-order chi connectivity index (χ0) is 55.4. The van der Waals surface area contributed by atoms with E-state index < -0.39 is 17.6 Å². The van der Waals surface area contributed by atoms with Crippen molar-refractivity contribution in [1.82, 2.24) is 4.98 Å². The first-order valence-electron chi connectivity index (χ1n) is 28.3. The van der Waals surface area contributed by atoms with Gasteiger partial charge >= 0.3 is 5.97 Å². The minimum Gasteiger partial charge on any atom is -0.494 e. The largest absolute Gasteiger partial charge is 0.494 e. The lowest BCUT2D eigenvalue weighted by atomic mass is 9.84. The van der Waals surface area contributed by atoms with Gasteiger partial charge in [-0.3, -0.25) is 0 Å². The maximum atomic E-state index is 17.3. The fourth-order valence-corrected chi connectivity index (χ4v) is 11.5. The van der Waals surface area contributed by atoms with E-state index in [-0.39, 0.29) is 39.0 Å². The number of anilines is 1. The topological polar surface area (TPSA) is 119 Å². The van der Waals surface area contributed by atoms with Crippen LogP contribution in [0.4, 0.5) is 13.9 Å². The van der Waals surface area contributed by atoms with Crippen LogP contribution in [0.2, 0.25) is 0 Å². The fourth-order valence-electron chi connectivity index (χ4n) is 10.3. The monoisotopic (exact) mass is 1090 g/mol. The van der Waals surface area contributed by atoms with Crippen molar-refractivity contribution in [2.75, 3.05) is 44.6 Å². The Hall–Kier alpha value is -6.56. The maximum absolute atomic E-state index is 17.3. The van der Waals surface area contributed by atoms with Gasteiger partial charge in [-0.25, -0.2) is 23.6 Å². The highest BCUT2D eigenvalue weighted by Crippen LogP contribution is 2.40. The van der Waals surface area contributed by atoms with Gasteiger partial charge in [-0.1, -0.05) is 98.5 Å². The summed E-state index contributed by atoms with van der Waals surface area (Å²) < 4.78 is 63.9. The molecule has 2 aliphatic heterocycles. The van der Waals surface area contributed by atoms with Gasteiger partial charge in [0.1, 0.15) is 11.6 Å². The molecule has 0 amide bonds. The Bertz CT molecular complexity index is 3290. The molecule has 1 unspecified atom stereocenters. The van der Waals surface area contributed by atoms with Crippen LogP contribution in [-0.4, -0.2) is 68.5 Å². The van der Waals surface area contributed by atoms with Crippen LogP contribution in [0.15, 0.2) is 108 Å². The second-order valence-electron chi connectivity index (χ2n) is 22.1. The number of hydrogen-bond acceptors (Lipinski definition) is 11. The number of rotatable bonds is 29. The first-order chi connectivity index (χ1) is 38.3. The summed E-state index contributed by atoms with van der Waals surface area (Å²) in [6, 6.07) is 33.4. The molecule has 10 nitrogen and oxygen atoms in total. The summed E-state index contributed by atoms with van der Waals surface area (Å²) in [4.78, 5) is 18.8. The molecule has 0 bridgehead atoms. The maximum Gasteiger partial charge on any atom is 0.343 e. The van der Waals surface area contributed by atoms with Gasteiger partial charge in [0.15, 0.2) is 11.6 Å². The Morgan fingerprint density at radius 2 is 1.57 bits per heavy atom. The molecule has 0 N–H and O–H groups in total. The number of aromatic nitrogens is 1. The number of fused-ring (bicyclic) bond motifs is 2. The predicted octanol–water partition coefficient (Wildman–Crippen LogP) is 16.5. The number of carbonyl (C=O) groups is 1. The van der Waals surface area contributed by atoms with E-state index in [1.807, 2.05) is 56.3 Å². The third-order valence-electron chi connectivity index (χ3n) is 15.5. The Morgan fingerprint density at radius 1 is 0.835 bits per heavy atom. The number of nitriles is 1. The van der Waals surface area contributed by atoms with Crippen molar-refractivity contribution in [2.24, 2.45) is 10.5 Å². The van der Waals surface area contributed by atoms with Gasteiger partial charge in [0.25, 0.3) is 0 Å². The third kappa shape index (κ3) is 14.8. The van der Waals surface area contributed by atoms with E-state index in [0.29, 0.717) is 49.2 Å². The number of aryl methyl sites for hydroxylation is 3. The number of benzene rings is 6. The third-order valence-corrected chi connectivity index (χ3v) is 16.5. The summed E-state index contributed by atoms with van der Waals surface area (Å²) in [5, 5.41) is 18.1. The minimum atomic E-state index is -0.880. The molecular formula is C66H74F2N4O6S. The molecule has 3 heterocycles. The highest BCUT2D eigenvalue weighted by atomic mass is 32.1. The summed E-state index contributed by atoms with van der Waals surface area (Å²) >= 11 is 1.47. The normalized spacial score (nSPS) is 15.3. The summed E-state index contributed by atoms with van der Waals surface area (Å²) in [7, 11) is 0. The lowest BCUT2D eigenvalue weighted by molar-refractivity contribution is -0.150. The van der Waals surface area contributed by atoms with Crippen LogP contribution >= 0.6 is 11.3 Å². The van der Waals surface area contributed by atoms with Crippen LogP contribution < -0.4 is 14.5 Å². The van der Waals surface area contributed by atoms with E-state index in [1.54, 1.807) is 29.3 Å². The molecule has 1 aromatic heterocycles. The highest BCUT2D eigenvalue weighted by Gasteiger charge is 2.46. The predicted molar refractivity (Wildman–Crippen MR) is 314 cm³/mol. The molecule has 6 aromatic carbocycles. The van der Waals surface area contributed by atoms with Crippen LogP contribution in [0.3, 0.4) is 0 Å². The number of carbonyl (C=O) groups excluding carboxylic acids is 1. The molecule has 2 fully saturated rings. The van der Waals surface area contributed by atoms with Crippen molar-refractivity contribution >= 4 is 49.6 Å². The molecule has 0 saturated carbocycles. The fraction of sp³-hybridized carbons (Fsp3) is 0.424. The number of hydrazone groups is 1. The van der Waals surface area contributed by atoms with Crippen molar-refractivity contribution < 1.29 is 37.3 Å².